The second-order valence-electron chi connectivity index (χ2n) is 4.07. The predicted octanol–water partition coefficient (Wildman–Crippen LogP) is 3.59. The zero-order valence-corrected chi connectivity index (χ0v) is 10.7. The summed E-state index contributed by atoms with van der Waals surface area (Å²) in [6, 6.07) is 17.0. The molecule has 0 saturated heterocycles. The van der Waals surface area contributed by atoms with Crippen LogP contribution in [0.25, 0.3) is 0 Å². The molecule has 1 N–H and O–H groups in total. The van der Waals surface area contributed by atoms with Gasteiger partial charge in [0.2, 0.25) is 0 Å². The van der Waals surface area contributed by atoms with Gasteiger partial charge in [-0.3, -0.25) is 0 Å². The molecule has 94 valence electrons. The maximum atomic E-state index is 9.90. The third kappa shape index (κ3) is 3.84. The molecule has 2 aromatic carbocycles. The summed E-state index contributed by atoms with van der Waals surface area (Å²) in [7, 11) is 0. The molecule has 18 heavy (non-hydrogen) atoms. The molecule has 0 heterocycles. The average molecular weight is 263 g/mol. The first-order valence-electron chi connectivity index (χ1n) is 5.81. The fraction of sp³-hybridized carbons (Fsp3) is 0.200. The molecule has 0 aromatic heterocycles. The molecule has 3 heteroatoms. The summed E-state index contributed by atoms with van der Waals surface area (Å²) in [5.74, 6) is 0. The zero-order chi connectivity index (χ0) is 12.8. The van der Waals surface area contributed by atoms with Crippen molar-refractivity contribution in [3.8, 4) is 0 Å². The van der Waals surface area contributed by atoms with Gasteiger partial charge in [-0.05, 0) is 23.3 Å². The van der Waals surface area contributed by atoms with Crippen LogP contribution in [0.3, 0.4) is 0 Å². The number of halogens is 1. The Kier molecular flexibility index (Phi) is 4.76. The molecule has 1 atom stereocenters. The Morgan fingerprint density at radius 3 is 2.33 bits per heavy atom. The number of benzene rings is 2. The number of ether oxygens (including phenoxy) is 1. The van der Waals surface area contributed by atoms with Crippen molar-refractivity contribution in [2.75, 3.05) is 6.61 Å². The van der Waals surface area contributed by atoms with E-state index in [0.29, 0.717) is 11.6 Å². The third-order valence-electron chi connectivity index (χ3n) is 2.64. The Balaban J connectivity index is 1.80. The lowest BCUT2D eigenvalue weighted by Crippen LogP contribution is -2.07. The van der Waals surface area contributed by atoms with E-state index in [2.05, 4.69) is 0 Å². The van der Waals surface area contributed by atoms with Gasteiger partial charge in [0, 0.05) is 5.02 Å². The van der Waals surface area contributed by atoms with Gasteiger partial charge in [0.25, 0.3) is 0 Å². The summed E-state index contributed by atoms with van der Waals surface area (Å²) in [5.41, 5.74) is 1.91. The third-order valence-corrected chi connectivity index (χ3v) is 2.89. The number of aliphatic hydroxyl groups excluding tert-OH is 1. The van der Waals surface area contributed by atoms with Crippen LogP contribution < -0.4 is 0 Å². The molecule has 0 aliphatic carbocycles. The summed E-state index contributed by atoms with van der Waals surface area (Å²) in [6.07, 6.45) is -0.585. The quantitative estimate of drug-likeness (QED) is 0.892. The molecule has 0 aliphatic heterocycles. The fourth-order valence-corrected chi connectivity index (χ4v) is 1.77. The topological polar surface area (TPSA) is 29.5 Å². The van der Waals surface area contributed by atoms with Crippen LogP contribution in [-0.2, 0) is 11.3 Å². The second kappa shape index (κ2) is 6.55. The predicted molar refractivity (Wildman–Crippen MR) is 72.5 cm³/mol. The van der Waals surface area contributed by atoms with Crippen LogP contribution in [0.4, 0.5) is 0 Å². The lowest BCUT2D eigenvalue weighted by molar-refractivity contribution is 0.0277. The van der Waals surface area contributed by atoms with E-state index < -0.39 is 6.10 Å². The zero-order valence-electron chi connectivity index (χ0n) is 9.92. The van der Waals surface area contributed by atoms with Crippen LogP contribution in [0.2, 0.25) is 5.02 Å². The molecular formula is C15H15ClO2. The van der Waals surface area contributed by atoms with Crippen molar-refractivity contribution in [2.24, 2.45) is 0 Å². The van der Waals surface area contributed by atoms with Crippen LogP contribution >= 0.6 is 11.6 Å². The highest BCUT2D eigenvalue weighted by Crippen LogP contribution is 2.14. The molecule has 2 rings (SSSR count). The highest BCUT2D eigenvalue weighted by Gasteiger charge is 2.06. The van der Waals surface area contributed by atoms with E-state index >= 15 is 0 Å². The summed E-state index contributed by atoms with van der Waals surface area (Å²) in [4.78, 5) is 0. The molecule has 0 fully saturated rings. The lowest BCUT2D eigenvalue weighted by atomic mass is 10.1. The Bertz CT molecular complexity index is 468. The van der Waals surface area contributed by atoms with Gasteiger partial charge in [-0.25, -0.2) is 0 Å². The van der Waals surface area contributed by atoms with Gasteiger partial charge in [0.15, 0.2) is 0 Å². The Morgan fingerprint density at radius 1 is 1.00 bits per heavy atom. The maximum absolute atomic E-state index is 9.90. The molecule has 0 amide bonds. The van der Waals surface area contributed by atoms with Crippen molar-refractivity contribution in [1.29, 1.82) is 0 Å². The minimum absolute atomic E-state index is 0.284. The van der Waals surface area contributed by atoms with Crippen LogP contribution in [0.15, 0.2) is 54.6 Å². The molecule has 0 spiro atoms. The first kappa shape index (κ1) is 13.1. The fourth-order valence-electron chi connectivity index (χ4n) is 1.64. The standard InChI is InChI=1S/C15H15ClO2/c16-14-8-6-12(7-9-14)10-18-11-15(17)13-4-2-1-3-5-13/h1-9,15,17H,10-11H2. The smallest absolute Gasteiger partial charge is 0.102 e. The van der Waals surface area contributed by atoms with Crippen molar-refractivity contribution >= 4 is 11.6 Å². The molecule has 0 aliphatic rings. The molecule has 0 radical (unpaired) electrons. The molecule has 1 unspecified atom stereocenters. The maximum Gasteiger partial charge on any atom is 0.102 e. The van der Waals surface area contributed by atoms with Gasteiger partial charge < -0.3 is 9.84 Å². The van der Waals surface area contributed by atoms with Gasteiger partial charge in [-0.15, -0.1) is 0 Å². The van der Waals surface area contributed by atoms with E-state index in [0.717, 1.165) is 11.1 Å². The largest absolute Gasteiger partial charge is 0.386 e. The van der Waals surface area contributed by atoms with Crippen LogP contribution in [0.1, 0.15) is 17.2 Å². The average Bonchev–Trinajstić information content (AvgIpc) is 2.42. The molecule has 2 nitrogen and oxygen atoms in total. The molecule has 0 bridgehead atoms. The minimum Gasteiger partial charge on any atom is -0.386 e. The van der Waals surface area contributed by atoms with E-state index in [1.807, 2.05) is 54.6 Å². The van der Waals surface area contributed by atoms with Gasteiger partial charge >= 0.3 is 0 Å². The monoisotopic (exact) mass is 262 g/mol. The Hall–Kier alpha value is -1.35. The summed E-state index contributed by atoms with van der Waals surface area (Å²) < 4.78 is 5.48. The van der Waals surface area contributed by atoms with Gasteiger partial charge in [-0.2, -0.15) is 0 Å². The molecule has 0 saturated carbocycles. The van der Waals surface area contributed by atoms with Gasteiger partial charge in [0.05, 0.1) is 13.2 Å². The first-order valence-corrected chi connectivity index (χ1v) is 6.19. The highest BCUT2D eigenvalue weighted by atomic mass is 35.5. The first-order chi connectivity index (χ1) is 8.75. The summed E-state index contributed by atoms with van der Waals surface area (Å²) in [6.45, 7) is 0.758. The van der Waals surface area contributed by atoms with Crippen molar-refractivity contribution in [3.63, 3.8) is 0 Å². The van der Waals surface area contributed by atoms with Crippen molar-refractivity contribution in [3.05, 3.63) is 70.7 Å². The van der Waals surface area contributed by atoms with Crippen LogP contribution in [0.5, 0.6) is 0 Å². The lowest BCUT2D eigenvalue weighted by Gasteiger charge is -2.11. The SMILES string of the molecule is OC(COCc1ccc(Cl)cc1)c1ccccc1. The highest BCUT2D eigenvalue weighted by molar-refractivity contribution is 6.30. The normalized spacial score (nSPS) is 12.3. The summed E-state index contributed by atoms with van der Waals surface area (Å²) >= 11 is 5.80. The number of aliphatic hydroxyl groups is 1. The second-order valence-corrected chi connectivity index (χ2v) is 4.50. The molecule has 2 aromatic rings. The van der Waals surface area contributed by atoms with Crippen LogP contribution in [0, 0.1) is 0 Å². The number of rotatable bonds is 5. The number of hydrogen-bond donors (Lipinski definition) is 1. The van der Waals surface area contributed by atoms with Gasteiger partial charge in [-0.1, -0.05) is 54.1 Å². The van der Waals surface area contributed by atoms with E-state index in [1.165, 1.54) is 0 Å². The minimum atomic E-state index is -0.585. The van der Waals surface area contributed by atoms with E-state index in [-0.39, 0.29) is 6.61 Å². The van der Waals surface area contributed by atoms with E-state index in [9.17, 15) is 5.11 Å². The Labute approximate surface area is 112 Å². The van der Waals surface area contributed by atoms with Crippen molar-refractivity contribution in [2.45, 2.75) is 12.7 Å². The summed E-state index contributed by atoms with van der Waals surface area (Å²) in [5, 5.41) is 10.6. The van der Waals surface area contributed by atoms with Crippen molar-refractivity contribution < 1.29 is 9.84 Å². The van der Waals surface area contributed by atoms with E-state index in [4.69, 9.17) is 16.3 Å². The van der Waals surface area contributed by atoms with Gasteiger partial charge in [0.1, 0.15) is 6.10 Å². The molecular weight excluding hydrogens is 248 g/mol. The van der Waals surface area contributed by atoms with Crippen LogP contribution in [-0.4, -0.2) is 11.7 Å². The Morgan fingerprint density at radius 2 is 1.67 bits per heavy atom. The number of hydrogen-bond acceptors (Lipinski definition) is 2. The van der Waals surface area contributed by atoms with Crippen molar-refractivity contribution in [1.82, 2.24) is 0 Å². The van der Waals surface area contributed by atoms with E-state index in [1.54, 1.807) is 0 Å².